The predicted octanol–water partition coefficient (Wildman–Crippen LogP) is 3.42. The lowest BCUT2D eigenvalue weighted by Gasteiger charge is -2.21. The highest BCUT2D eigenvalue weighted by Gasteiger charge is 2.28. The highest BCUT2D eigenvalue weighted by atomic mass is 16.1. The van der Waals surface area contributed by atoms with Gasteiger partial charge in [-0.1, -0.05) is 0 Å². The van der Waals surface area contributed by atoms with E-state index in [0.717, 1.165) is 29.6 Å². The molecule has 0 saturated heterocycles. The van der Waals surface area contributed by atoms with Gasteiger partial charge in [0, 0.05) is 23.2 Å². The Morgan fingerprint density at radius 1 is 1.36 bits per heavy atom. The molecule has 1 saturated carbocycles. The number of rotatable bonds is 3. The van der Waals surface area contributed by atoms with E-state index in [-0.39, 0.29) is 17.5 Å². The van der Waals surface area contributed by atoms with Gasteiger partial charge >= 0.3 is 0 Å². The third-order valence-electron chi connectivity index (χ3n) is 3.80. The third-order valence-corrected chi connectivity index (χ3v) is 3.80. The molecule has 0 aromatic carbocycles. The summed E-state index contributed by atoms with van der Waals surface area (Å²) in [7, 11) is 0. The zero-order chi connectivity index (χ0) is 16.1. The quantitative estimate of drug-likeness (QED) is 0.945. The van der Waals surface area contributed by atoms with Gasteiger partial charge < -0.3 is 5.32 Å². The Bertz CT molecular complexity index is 720. The predicted molar refractivity (Wildman–Crippen MR) is 87.1 cm³/mol. The van der Waals surface area contributed by atoms with Crippen LogP contribution in [0, 0.1) is 0 Å². The minimum absolute atomic E-state index is 0.0508. The molecule has 1 aliphatic rings. The lowest BCUT2D eigenvalue weighted by molar-refractivity contribution is 0.0921. The maximum absolute atomic E-state index is 12.7. The van der Waals surface area contributed by atoms with Crippen LogP contribution in [0.3, 0.4) is 0 Å². The molecule has 2 aromatic rings. The molecule has 2 heterocycles. The molecule has 5 heteroatoms. The maximum Gasteiger partial charge on any atom is 0.252 e. The fourth-order valence-electron chi connectivity index (χ4n) is 2.60. The zero-order valence-electron chi connectivity index (χ0n) is 14.0. The van der Waals surface area contributed by atoms with Crippen molar-refractivity contribution in [1.29, 1.82) is 0 Å². The number of aromatic nitrogens is 3. The molecule has 3 rings (SSSR count). The van der Waals surface area contributed by atoms with E-state index in [1.165, 1.54) is 0 Å². The summed E-state index contributed by atoms with van der Waals surface area (Å²) >= 11 is 0. The fourth-order valence-corrected chi connectivity index (χ4v) is 2.60. The number of amides is 1. The van der Waals surface area contributed by atoms with E-state index in [9.17, 15) is 4.79 Å². The van der Waals surface area contributed by atoms with Crippen LogP contribution in [0.5, 0.6) is 0 Å². The van der Waals surface area contributed by atoms with E-state index in [1.54, 1.807) is 6.20 Å². The molecule has 22 heavy (non-hydrogen) atoms. The monoisotopic (exact) mass is 300 g/mol. The van der Waals surface area contributed by atoms with Crippen LogP contribution in [0.1, 0.15) is 75.5 Å². The Labute approximate surface area is 131 Å². The number of pyridine rings is 1. The van der Waals surface area contributed by atoms with Gasteiger partial charge in [0.1, 0.15) is 0 Å². The van der Waals surface area contributed by atoms with E-state index < -0.39 is 0 Å². The average Bonchev–Trinajstić information content (AvgIpc) is 3.14. The number of nitrogens with one attached hydrogen (secondary N) is 1. The van der Waals surface area contributed by atoms with Gasteiger partial charge in [-0.3, -0.25) is 4.79 Å². The SMILES string of the molecule is CC(C)n1ncc2c(C(=O)NC(C)(C)C)cc(C3CC3)nc21. The first-order valence-electron chi connectivity index (χ1n) is 7.97. The second kappa shape index (κ2) is 5.07. The van der Waals surface area contributed by atoms with Crippen LogP contribution in [-0.4, -0.2) is 26.2 Å². The Morgan fingerprint density at radius 3 is 2.59 bits per heavy atom. The summed E-state index contributed by atoms with van der Waals surface area (Å²) in [6.45, 7) is 10.1. The molecule has 0 radical (unpaired) electrons. The normalized spacial score (nSPS) is 15.5. The Hall–Kier alpha value is -1.91. The first-order chi connectivity index (χ1) is 10.3. The van der Waals surface area contributed by atoms with Gasteiger partial charge in [-0.05, 0) is 53.5 Å². The summed E-state index contributed by atoms with van der Waals surface area (Å²) in [5, 5.41) is 8.31. The van der Waals surface area contributed by atoms with Crippen LogP contribution < -0.4 is 5.32 Å². The van der Waals surface area contributed by atoms with E-state index in [4.69, 9.17) is 4.98 Å². The standard InChI is InChI=1S/C17H24N4O/c1-10(2)21-15-13(9-18-21)12(16(22)20-17(3,4)5)8-14(19-15)11-6-7-11/h8-11H,6-7H2,1-5H3,(H,20,22). The third kappa shape index (κ3) is 2.85. The summed E-state index contributed by atoms with van der Waals surface area (Å²) in [5.74, 6) is 0.450. The van der Waals surface area contributed by atoms with Crippen LogP contribution in [0.4, 0.5) is 0 Å². The molecule has 0 unspecified atom stereocenters. The Morgan fingerprint density at radius 2 is 2.05 bits per heavy atom. The smallest absolute Gasteiger partial charge is 0.252 e. The number of carbonyl (C=O) groups is 1. The summed E-state index contributed by atoms with van der Waals surface area (Å²) in [5.41, 5.74) is 2.27. The van der Waals surface area contributed by atoms with Crippen molar-refractivity contribution in [3.63, 3.8) is 0 Å². The van der Waals surface area contributed by atoms with Gasteiger partial charge in [0.05, 0.1) is 17.1 Å². The van der Waals surface area contributed by atoms with Crippen LogP contribution >= 0.6 is 0 Å². The van der Waals surface area contributed by atoms with Crippen LogP contribution in [0.2, 0.25) is 0 Å². The zero-order valence-corrected chi connectivity index (χ0v) is 14.0. The first-order valence-corrected chi connectivity index (χ1v) is 7.97. The molecule has 1 aliphatic carbocycles. The maximum atomic E-state index is 12.7. The number of nitrogens with zero attached hydrogens (tertiary/aromatic N) is 3. The molecule has 118 valence electrons. The first kappa shape index (κ1) is 15.0. The van der Waals surface area contributed by atoms with Crippen molar-refractivity contribution in [2.24, 2.45) is 0 Å². The molecular weight excluding hydrogens is 276 g/mol. The Kier molecular flexibility index (Phi) is 3.46. The Balaban J connectivity index is 2.13. The molecule has 1 N–H and O–H groups in total. The number of hydrogen-bond acceptors (Lipinski definition) is 3. The van der Waals surface area contributed by atoms with Gasteiger partial charge in [0.2, 0.25) is 0 Å². The molecule has 1 fully saturated rings. The largest absolute Gasteiger partial charge is 0.347 e. The summed E-state index contributed by atoms with van der Waals surface area (Å²) in [6.07, 6.45) is 4.08. The topological polar surface area (TPSA) is 59.8 Å². The minimum atomic E-state index is -0.263. The van der Waals surface area contributed by atoms with Crippen LogP contribution in [0.25, 0.3) is 11.0 Å². The van der Waals surface area contributed by atoms with E-state index >= 15 is 0 Å². The molecule has 0 bridgehead atoms. The second-order valence-corrected chi connectivity index (χ2v) is 7.49. The summed E-state index contributed by atoms with van der Waals surface area (Å²) in [6, 6.07) is 2.17. The molecule has 2 aromatic heterocycles. The van der Waals surface area contributed by atoms with Crippen molar-refractivity contribution < 1.29 is 4.79 Å². The minimum Gasteiger partial charge on any atom is -0.347 e. The lowest BCUT2D eigenvalue weighted by Crippen LogP contribution is -2.40. The summed E-state index contributed by atoms with van der Waals surface area (Å²) < 4.78 is 1.90. The van der Waals surface area contributed by atoms with Crippen molar-refractivity contribution in [2.75, 3.05) is 0 Å². The average molecular weight is 300 g/mol. The number of carbonyl (C=O) groups excluding carboxylic acids is 1. The van der Waals surface area contributed by atoms with Crippen molar-refractivity contribution >= 4 is 16.9 Å². The highest BCUT2D eigenvalue weighted by Crippen LogP contribution is 2.40. The van der Waals surface area contributed by atoms with Crippen molar-refractivity contribution in [3.8, 4) is 0 Å². The van der Waals surface area contributed by atoms with Crippen LogP contribution in [-0.2, 0) is 0 Å². The molecule has 5 nitrogen and oxygen atoms in total. The van der Waals surface area contributed by atoms with E-state index in [0.29, 0.717) is 11.5 Å². The van der Waals surface area contributed by atoms with Crippen molar-refractivity contribution in [1.82, 2.24) is 20.1 Å². The van der Waals surface area contributed by atoms with Gasteiger partial charge in [0.25, 0.3) is 5.91 Å². The number of hydrogen-bond donors (Lipinski definition) is 1. The van der Waals surface area contributed by atoms with Crippen molar-refractivity contribution in [3.05, 3.63) is 23.5 Å². The van der Waals surface area contributed by atoms with E-state index in [2.05, 4.69) is 24.3 Å². The van der Waals surface area contributed by atoms with Crippen LogP contribution in [0.15, 0.2) is 12.3 Å². The van der Waals surface area contributed by atoms with Gasteiger partial charge in [0.15, 0.2) is 5.65 Å². The van der Waals surface area contributed by atoms with E-state index in [1.807, 2.05) is 31.5 Å². The second-order valence-electron chi connectivity index (χ2n) is 7.49. The lowest BCUT2D eigenvalue weighted by atomic mass is 10.1. The molecule has 1 amide bonds. The number of fused-ring (bicyclic) bond motifs is 1. The molecule has 0 aliphatic heterocycles. The molecule has 0 spiro atoms. The molecule has 0 atom stereocenters. The fraction of sp³-hybridized carbons (Fsp3) is 0.588. The molecular formula is C17H24N4O. The van der Waals surface area contributed by atoms with Gasteiger partial charge in [-0.2, -0.15) is 5.10 Å². The van der Waals surface area contributed by atoms with Gasteiger partial charge in [-0.15, -0.1) is 0 Å². The van der Waals surface area contributed by atoms with Gasteiger partial charge in [-0.25, -0.2) is 9.67 Å². The van der Waals surface area contributed by atoms with Crippen molar-refractivity contribution in [2.45, 2.75) is 65.0 Å². The highest BCUT2D eigenvalue weighted by molar-refractivity contribution is 6.05. The summed E-state index contributed by atoms with van der Waals surface area (Å²) in [4.78, 5) is 17.5.